The topological polar surface area (TPSA) is 46.9 Å². The first-order valence-corrected chi connectivity index (χ1v) is 8.72. The van der Waals surface area contributed by atoms with Gasteiger partial charge in [0, 0.05) is 5.69 Å². The van der Waals surface area contributed by atoms with Crippen molar-refractivity contribution in [2.45, 2.75) is 6.92 Å². The Morgan fingerprint density at radius 2 is 1.74 bits per heavy atom. The molecule has 0 saturated heterocycles. The first-order valence-electron chi connectivity index (χ1n) is 8.34. The van der Waals surface area contributed by atoms with E-state index in [0.717, 1.165) is 10.8 Å². The van der Waals surface area contributed by atoms with Crippen LogP contribution in [0.2, 0.25) is 5.15 Å². The van der Waals surface area contributed by atoms with Crippen LogP contribution in [0, 0.1) is 12.7 Å². The minimum atomic E-state index is -0.354. The lowest BCUT2D eigenvalue weighted by Crippen LogP contribution is -2.13. The lowest BCUT2D eigenvalue weighted by molar-refractivity contribution is 0.102. The molecular weight excluding hydrogens is 365 g/mol. The largest absolute Gasteiger partial charge is 0.322 e. The third-order valence-corrected chi connectivity index (χ3v) is 4.66. The molecule has 0 fully saturated rings. The molecule has 27 heavy (non-hydrogen) atoms. The van der Waals surface area contributed by atoms with Gasteiger partial charge in [-0.1, -0.05) is 41.9 Å². The van der Waals surface area contributed by atoms with Crippen LogP contribution in [0.1, 0.15) is 16.1 Å². The Kier molecular flexibility index (Phi) is 4.38. The summed E-state index contributed by atoms with van der Waals surface area (Å²) in [4.78, 5) is 12.8. The predicted molar refractivity (Wildman–Crippen MR) is 105 cm³/mol. The van der Waals surface area contributed by atoms with Crippen molar-refractivity contribution in [1.82, 2.24) is 9.78 Å². The van der Waals surface area contributed by atoms with Gasteiger partial charge >= 0.3 is 0 Å². The predicted octanol–water partition coefficient (Wildman–Crippen LogP) is 5.38. The summed E-state index contributed by atoms with van der Waals surface area (Å²) >= 11 is 6.41. The molecule has 6 heteroatoms. The molecule has 4 rings (SSSR count). The first kappa shape index (κ1) is 17.2. The van der Waals surface area contributed by atoms with Crippen molar-refractivity contribution in [3.05, 3.63) is 89.0 Å². The van der Waals surface area contributed by atoms with E-state index in [4.69, 9.17) is 11.6 Å². The van der Waals surface area contributed by atoms with Crippen molar-refractivity contribution in [2.24, 2.45) is 0 Å². The van der Waals surface area contributed by atoms with Crippen LogP contribution in [0.25, 0.3) is 16.5 Å². The Hall–Kier alpha value is -3.18. The van der Waals surface area contributed by atoms with E-state index < -0.39 is 0 Å². The van der Waals surface area contributed by atoms with Crippen LogP contribution in [0.3, 0.4) is 0 Å². The number of nitrogens with one attached hydrogen (secondary N) is 1. The molecular formula is C21H15ClFN3O. The number of hydrogen-bond donors (Lipinski definition) is 1. The number of halogens is 2. The minimum absolute atomic E-state index is 0.178. The fourth-order valence-corrected chi connectivity index (χ4v) is 3.33. The van der Waals surface area contributed by atoms with E-state index in [9.17, 15) is 9.18 Å². The van der Waals surface area contributed by atoms with E-state index in [1.54, 1.807) is 19.1 Å². The number of hydrogen-bond acceptors (Lipinski definition) is 2. The molecule has 1 amide bonds. The molecule has 1 N–H and O–H groups in total. The molecule has 0 unspecified atom stereocenters. The molecule has 0 aliphatic rings. The third kappa shape index (κ3) is 3.29. The zero-order chi connectivity index (χ0) is 19.0. The second-order valence-corrected chi connectivity index (χ2v) is 6.51. The van der Waals surface area contributed by atoms with Gasteiger partial charge in [0.1, 0.15) is 16.5 Å². The van der Waals surface area contributed by atoms with E-state index in [-0.39, 0.29) is 22.4 Å². The Balaban J connectivity index is 1.66. The molecule has 4 aromatic rings. The molecule has 1 heterocycles. The zero-order valence-electron chi connectivity index (χ0n) is 14.4. The molecule has 0 radical (unpaired) electrons. The van der Waals surface area contributed by atoms with E-state index in [2.05, 4.69) is 10.4 Å². The summed E-state index contributed by atoms with van der Waals surface area (Å²) in [5.41, 5.74) is 2.02. The van der Waals surface area contributed by atoms with Crippen LogP contribution in [-0.2, 0) is 0 Å². The van der Waals surface area contributed by atoms with Crippen molar-refractivity contribution in [3.63, 3.8) is 0 Å². The fourth-order valence-electron chi connectivity index (χ4n) is 2.97. The van der Waals surface area contributed by atoms with Gasteiger partial charge in [-0.25, -0.2) is 9.07 Å². The van der Waals surface area contributed by atoms with Gasteiger partial charge < -0.3 is 5.32 Å². The SMILES string of the molecule is Cc1nn(-c2ccc(F)cc2)c(Cl)c1C(=O)Nc1ccc2ccccc2c1. The Morgan fingerprint density at radius 3 is 2.48 bits per heavy atom. The van der Waals surface area contributed by atoms with Crippen molar-refractivity contribution in [2.75, 3.05) is 5.32 Å². The van der Waals surface area contributed by atoms with Gasteiger partial charge in [-0.15, -0.1) is 0 Å². The molecule has 0 aliphatic heterocycles. The maximum atomic E-state index is 13.1. The number of fused-ring (bicyclic) bond motifs is 1. The van der Waals surface area contributed by atoms with Crippen LogP contribution >= 0.6 is 11.6 Å². The van der Waals surface area contributed by atoms with Crippen molar-refractivity contribution < 1.29 is 9.18 Å². The highest BCUT2D eigenvalue weighted by Crippen LogP contribution is 2.25. The number of rotatable bonds is 3. The van der Waals surface area contributed by atoms with Gasteiger partial charge in [-0.2, -0.15) is 5.10 Å². The smallest absolute Gasteiger partial charge is 0.260 e. The maximum Gasteiger partial charge on any atom is 0.260 e. The van der Waals surface area contributed by atoms with Gasteiger partial charge in [0.25, 0.3) is 5.91 Å². The summed E-state index contributed by atoms with van der Waals surface area (Å²) < 4.78 is 14.6. The number of aryl methyl sites for hydroxylation is 1. The normalized spacial score (nSPS) is 10.9. The van der Waals surface area contributed by atoms with Crippen LogP contribution in [0.4, 0.5) is 10.1 Å². The highest BCUT2D eigenvalue weighted by Gasteiger charge is 2.21. The molecule has 4 nitrogen and oxygen atoms in total. The average molecular weight is 380 g/mol. The molecule has 134 valence electrons. The third-order valence-electron chi connectivity index (χ3n) is 4.31. The number of amides is 1. The quantitative estimate of drug-likeness (QED) is 0.519. The zero-order valence-corrected chi connectivity index (χ0v) is 15.2. The molecule has 0 aliphatic carbocycles. The second kappa shape index (κ2) is 6.85. The van der Waals surface area contributed by atoms with E-state index >= 15 is 0 Å². The summed E-state index contributed by atoms with van der Waals surface area (Å²) in [7, 11) is 0. The summed E-state index contributed by atoms with van der Waals surface area (Å²) in [6.07, 6.45) is 0. The Morgan fingerprint density at radius 1 is 1.04 bits per heavy atom. The summed E-state index contributed by atoms with van der Waals surface area (Å²) in [5.74, 6) is -0.700. The molecule has 0 atom stereocenters. The summed E-state index contributed by atoms with van der Waals surface area (Å²) in [6.45, 7) is 1.71. The van der Waals surface area contributed by atoms with Crippen molar-refractivity contribution in [1.29, 1.82) is 0 Å². The lowest BCUT2D eigenvalue weighted by Gasteiger charge is -2.07. The highest BCUT2D eigenvalue weighted by molar-refractivity contribution is 6.34. The molecule has 0 spiro atoms. The second-order valence-electron chi connectivity index (χ2n) is 6.16. The van der Waals surface area contributed by atoms with Crippen molar-refractivity contribution >= 4 is 34.0 Å². The molecule has 0 bridgehead atoms. The van der Waals surface area contributed by atoms with Crippen LogP contribution in [0.15, 0.2) is 66.7 Å². The number of benzene rings is 3. The van der Waals surface area contributed by atoms with Gasteiger partial charge in [0.05, 0.1) is 11.4 Å². The van der Waals surface area contributed by atoms with E-state index in [1.807, 2.05) is 42.5 Å². The number of nitrogens with zero attached hydrogens (tertiary/aromatic N) is 2. The average Bonchev–Trinajstić information content (AvgIpc) is 2.96. The number of carbonyl (C=O) groups is 1. The van der Waals surface area contributed by atoms with Crippen LogP contribution in [0.5, 0.6) is 0 Å². The van der Waals surface area contributed by atoms with Crippen LogP contribution in [-0.4, -0.2) is 15.7 Å². The number of anilines is 1. The van der Waals surface area contributed by atoms with E-state index in [0.29, 0.717) is 17.1 Å². The van der Waals surface area contributed by atoms with Gasteiger partial charge in [0.2, 0.25) is 0 Å². The standard InChI is InChI=1S/C21H15ClFN3O/c1-13-19(20(22)26(25-13)18-10-7-16(23)8-11-18)21(27)24-17-9-6-14-4-2-3-5-15(14)12-17/h2-12H,1H3,(H,24,27). The first-order chi connectivity index (χ1) is 13.0. The Labute approximate surface area is 160 Å². The maximum absolute atomic E-state index is 13.1. The van der Waals surface area contributed by atoms with Crippen molar-refractivity contribution in [3.8, 4) is 5.69 Å². The number of aromatic nitrogens is 2. The monoisotopic (exact) mass is 379 g/mol. The van der Waals surface area contributed by atoms with Gasteiger partial charge in [-0.05, 0) is 54.1 Å². The highest BCUT2D eigenvalue weighted by atomic mass is 35.5. The molecule has 0 saturated carbocycles. The number of carbonyl (C=O) groups excluding carboxylic acids is 1. The summed E-state index contributed by atoms with van der Waals surface area (Å²) in [5, 5.41) is 9.49. The van der Waals surface area contributed by atoms with Crippen LogP contribution < -0.4 is 5.32 Å². The Bertz CT molecular complexity index is 1150. The van der Waals surface area contributed by atoms with E-state index in [1.165, 1.54) is 16.8 Å². The lowest BCUT2D eigenvalue weighted by atomic mass is 10.1. The molecule has 1 aromatic heterocycles. The van der Waals surface area contributed by atoms with Gasteiger partial charge in [0.15, 0.2) is 0 Å². The minimum Gasteiger partial charge on any atom is -0.322 e. The van der Waals surface area contributed by atoms with Gasteiger partial charge in [-0.3, -0.25) is 4.79 Å². The fraction of sp³-hybridized carbons (Fsp3) is 0.0476. The summed E-state index contributed by atoms with van der Waals surface area (Å²) in [6, 6.07) is 19.3. The molecule has 3 aromatic carbocycles.